The van der Waals surface area contributed by atoms with Gasteiger partial charge in [0, 0.05) is 12.1 Å². The summed E-state index contributed by atoms with van der Waals surface area (Å²) in [5, 5.41) is 7.51. The van der Waals surface area contributed by atoms with Crippen LogP contribution < -0.4 is 16.2 Å². The molecule has 0 aliphatic heterocycles. The fourth-order valence-electron chi connectivity index (χ4n) is 0.989. The molecule has 0 bridgehead atoms. The first kappa shape index (κ1) is 16.3. The predicted molar refractivity (Wildman–Crippen MR) is 67.6 cm³/mol. The summed E-state index contributed by atoms with van der Waals surface area (Å²) >= 11 is 0. The monoisotopic (exact) mass is 265 g/mol. The number of nitrogens with one attached hydrogen (secondary N) is 1. The average molecular weight is 265 g/mol. The molecule has 0 aromatic heterocycles. The third kappa shape index (κ3) is 5.47. The molecule has 0 unspecified atom stereocenters. The van der Waals surface area contributed by atoms with Crippen LogP contribution in [0.3, 0.4) is 0 Å². The Morgan fingerprint density at radius 3 is 2.06 bits per heavy atom. The van der Waals surface area contributed by atoms with Crippen molar-refractivity contribution in [3.63, 3.8) is 0 Å². The molecule has 0 saturated carbocycles. The van der Waals surface area contributed by atoms with E-state index in [4.69, 9.17) is 10.9 Å². The van der Waals surface area contributed by atoms with E-state index in [1.165, 1.54) is 0 Å². The molecular weight excluding hydrogens is 242 g/mol. The van der Waals surface area contributed by atoms with Gasteiger partial charge in [-0.3, -0.25) is 4.79 Å². The summed E-state index contributed by atoms with van der Waals surface area (Å²) in [6.45, 7) is 7.33. The van der Waals surface area contributed by atoms with Crippen LogP contribution in [-0.2, 0) is 14.8 Å². The summed E-state index contributed by atoms with van der Waals surface area (Å²) in [4.78, 5) is 11.9. The molecule has 0 heterocycles. The van der Waals surface area contributed by atoms with Crippen molar-refractivity contribution in [3.8, 4) is 0 Å². The topological polar surface area (TPSA) is 115 Å². The number of carbonyl (C=O) groups is 1. The largest absolute Gasteiger partial charge is 0.356 e. The molecule has 0 aromatic rings. The molecule has 0 fully saturated rings. The van der Waals surface area contributed by atoms with Gasteiger partial charge in [-0.2, -0.15) is 0 Å². The first-order valence-corrected chi connectivity index (χ1v) is 7.17. The van der Waals surface area contributed by atoms with Crippen molar-refractivity contribution in [2.75, 3.05) is 12.3 Å². The normalized spacial score (nSPS) is 13.5. The SMILES string of the molecule is CC(C)(N)C(C)(C)C(=O)NCCCS(N)(=O)=O. The first-order valence-electron chi connectivity index (χ1n) is 5.45. The molecule has 0 aliphatic carbocycles. The second-order valence-electron chi connectivity index (χ2n) is 5.32. The molecule has 5 N–H and O–H groups in total. The number of amides is 1. The van der Waals surface area contributed by atoms with Crippen LogP contribution in [-0.4, -0.2) is 32.2 Å². The summed E-state index contributed by atoms with van der Waals surface area (Å²) in [5.74, 6) is -0.334. The van der Waals surface area contributed by atoms with Gasteiger partial charge in [0.1, 0.15) is 0 Å². The third-order valence-electron chi connectivity index (χ3n) is 3.07. The van der Waals surface area contributed by atoms with Crippen LogP contribution >= 0.6 is 0 Å². The van der Waals surface area contributed by atoms with Crippen LogP contribution in [0.5, 0.6) is 0 Å². The Morgan fingerprint density at radius 2 is 1.71 bits per heavy atom. The van der Waals surface area contributed by atoms with Gasteiger partial charge in [0.25, 0.3) is 0 Å². The Balaban J connectivity index is 4.21. The molecular formula is C10H23N3O3S. The van der Waals surface area contributed by atoms with Crippen LogP contribution in [0.1, 0.15) is 34.1 Å². The van der Waals surface area contributed by atoms with Crippen molar-refractivity contribution >= 4 is 15.9 Å². The van der Waals surface area contributed by atoms with E-state index in [2.05, 4.69) is 5.32 Å². The lowest BCUT2D eigenvalue weighted by Crippen LogP contribution is -2.55. The van der Waals surface area contributed by atoms with Crippen LogP contribution in [0, 0.1) is 5.41 Å². The highest BCUT2D eigenvalue weighted by Gasteiger charge is 2.40. The number of rotatable bonds is 6. The van der Waals surface area contributed by atoms with Gasteiger partial charge in [-0.25, -0.2) is 13.6 Å². The highest BCUT2D eigenvalue weighted by molar-refractivity contribution is 7.89. The minimum Gasteiger partial charge on any atom is -0.356 e. The smallest absolute Gasteiger partial charge is 0.227 e. The molecule has 0 saturated heterocycles. The summed E-state index contributed by atoms with van der Waals surface area (Å²) in [6.07, 6.45) is 0.297. The van der Waals surface area contributed by atoms with Gasteiger partial charge in [0.05, 0.1) is 11.2 Å². The molecule has 6 nitrogen and oxygen atoms in total. The summed E-state index contributed by atoms with van der Waals surface area (Å²) in [6, 6.07) is 0. The Bertz CT molecular complexity index is 369. The minimum atomic E-state index is -3.46. The zero-order chi connectivity index (χ0) is 13.9. The Hall–Kier alpha value is -0.660. The van der Waals surface area contributed by atoms with E-state index >= 15 is 0 Å². The molecule has 7 heteroatoms. The fourth-order valence-corrected chi connectivity index (χ4v) is 1.54. The maximum atomic E-state index is 11.9. The molecule has 17 heavy (non-hydrogen) atoms. The van der Waals surface area contributed by atoms with Gasteiger partial charge < -0.3 is 11.1 Å². The van der Waals surface area contributed by atoms with Crippen LogP contribution in [0.25, 0.3) is 0 Å². The van der Waals surface area contributed by atoms with Crippen molar-refractivity contribution in [2.45, 2.75) is 39.7 Å². The van der Waals surface area contributed by atoms with Gasteiger partial charge in [-0.05, 0) is 34.1 Å². The second kappa shape index (κ2) is 5.32. The quantitative estimate of drug-likeness (QED) is 0.564. The molecule has 0 aliphatic rings. The van der Waals surface area contributed by atoms with Crippen molar-refractivity contribution in [1.29, 1.82) is 0 Å². The first-order chi connectivity index (χ1) is 7.38. The third-order valence-corrected chi connectivity index (χ3v) is 3.93. The minimum absolute atomic E-state index is 0.139. The highest BCUT2D eigenvalue weighted by atomic mass is 32.2. The highest BCUT2D eigenvalue weighted by Crippen LogP contribution is 2.28. The number of hydrogen-bond acceptors (Lipinski definition) is 4. The standard InChI is InChI=1S/C10H23N3O3S/c1-9(2,10(3,4)11)8(14)13-6-5-7-17(12,15)16/h5-7,11H2,1-4H3,(H,13,14)(H2,12,15,16). The molecule has 1 amide bonds. The van der Waals surface area contributed by atoms with E-state index in [-0.39, 0.29) is 18.2 Å². The molecule has 0 radical (unpaired) electrons. The Kier molecular flexibility index (Phi) is 5.12. The van der Waals surface area contributed by atoms with E-state index in [0.29, 0.717) is 6.42 Å². The Labute approximate surface area is 103 Å². The van der Waals surface area contributed by atoms with E-state index in [0.717, 1.165) is 0 Å². The summed E-state index contributed by atoms with van der Waals surface area (Å²) < 4.78 is 21.4. The van der Waals surface area contributed by atoms with E-state index in [1.54, 1.807) is 27.7 Å². The van der Waals surface area contributed by atoms with Gasteiger partial charge in [0.2, 0.25) is 15.9 Å². The molecule has 0 atom stereocenters. The molecule has 0 rings (SSSR count). The molecule has 0 spiro atoms. The predicted octanol–water partition coefficient (Wildman–Crippen LogP) is -0.455. The van der Waals surface area contributed by atoms with Crippen molar-refractivity contribution in [3.05, 3.63) is 0 Å². The van der Waals surface area contributed by atoms with Gasteiger partial charge in [-0.15, -0.1) is 0 Å². The lowest BCUT2D eigenvalue weighted by Gasteiger charge is -2.36. The van der Waals surface area contributed by atoms with Gasteiger partial charge in [0.15, 0.2) is 0 Å². The van der Waals surface area contributed by atoms with Crippen LogP contribution in [0.15, 0.2) is 0 Å². The number of primary sulfonamides is 1. The van der Waals surface area contributed by atoms with Gasteiger partial charge in [-0.1, -0.05) is 0 Å². The Morgan fingerprint density at radius 1 is 1.24 bits per heavy atom. The fraction of sp³-hybridized carbons (Fsp3) is 0.900. The number of hydrogen-bond donors (Lipinski definition) is 3. The summed E-state index contributed by atoms with van der Waals surface area (Å²) in [5.41, 5.74) is 4.53. The van der Waals surface area contributed by atoms with E-state index in [9.17, 15) is 13.2 Å². The molecule has 102 valence electrons. The van der Waals surface area contributed by atoms with E-state index < -0.39 is 21.0 Å². The summed E-state index contributed by atoms with van der Waals surface area (Å²) in [7, 11) is -3.46. The van der Waals surface area contributed by atoms with Crippen molar-refractivity contribution in [2.24, 2.45) is 16.3 Å². The number of nitrogens with two attached hydrogens (primary N) is 2. The maximum absolute atomic E-state index is 11.9. The zero-order valence-electron chi connectivity index (χ0n) is 10.9. The second-order valence-corrected chi connectivity index (χ2v) is 7.06. The van der Waals surface area contributed by atoms with Gasteiger partial charge >= 0.3 is 0 Å². The lowest BCUT2D eigenvalue weighted by molar-refractivity contribution is -0.132. The zero-order valence-corrected chi connectivity index (χ0v) is 11.7. The van der Waals surface area contributed by atoms with Crippen LogP contribution in [0.2, 0.25) is 0 Å². The van der Waals surface area contributed by atoms with Crippen molar-refractivity contribution in [1.82, 2.24) is 5.32 Å². The average Bonchev–Trinajstić information content (AvgIpc) is 2.08. The maximum Gasteiger partial charge on any atom is 0.227 e. The van der Waals surface area contributed by atoms with Crippen molar-refractivity contribution < 1.29 is 13.2 Å². The number of carbonyl (C=O) groups excluding carboxylic acids is 1. The number of sulfonamides is 1. The molecule has 0 aromatic carbocycles. The van der Waals surface area contributed by atoms with Crippen LogP contribution in [0.4, 0.5) is 0 Å². The van der Waals surface area contributed by atoms with E-state index in [1.807, 2.05) is 0 Å². The lowest BCUT2D eigenvalue weighted by atomic mass is 9.74.